The van der Waals surface area contributed by atoms with E-state index in [1.165, 1.54) is 12.5 Å². The third-order valence-corrected chi connectivity index (χ3v) is 7.06. The van der Waals surface area contributed by atoms with E-state index < -0.39 is 0 Å². The first-order valence-electron chi connectivity index (χ1n) is 11.3. The third kappa shape index (κ3) is 4.26. The fraction of sp³-hybridized carbons (Fsp3) is 0.185. The van der Waals surface area contributed by atoms with E-state index in [2.05, 4.69) is 55.2 Å². The van der Waals surface area contributed by atoms with Crippen molar-refractivity contribution in [2.24, 2.45) is 0 Å². The smallest absolute Gasteiger partial charge is 0.151 e. The molecule has 0 radical (unpaired) electrons. The predicted octanol–water partition coefficient (Wildman–Crippen LogP) is 5.68. The number of fused-ring (bicyclic) bond motifs is 2. The first-order chi connectivity index (χ1) is 16.7. The molecule has 3 aromatic heterocycles. The maximum atomic E-state index is 13.6. The van der Waals surface area contributed by atoms with E-state index in [9.17, 15) is 4.39 Å². The highest BCUT2D eigenvalue weighted by molar-refractivity contribution is 7.20. The molecular weight excluding hydrogens is 445 g/mol. The van der Waals surface area contributed by atoms with Gasteiger partial charge in [0.2, 0.25) is 0 Å². The van der Waals surface area contributed by atoms with Gasteiger partial charge in [-0.25, -0.2) is 14.4 Å². The first kappa shape index (κ1) is 20.8. The molecular formula is C27H22FN5S. The van der Waals surface area contributed by atoms with E-state index >= 15 is 0 Å². The van der Waals surface area contributed by atoms with Gasteiger partial charge in [-0.1, -0.05) is 24.0 Å². The van der Waals surface area contributed by atoms with Crippen LogP contribution in [-0.4, -0.2) is 27.1 Å². The van der Waals surface area contributed by atoms with Crippen LogP contribution in [0.3, 0.4) is 0 Å². The van der Waals surface area contributed by atoms with Crippen molar-refractivity contribution in [2.45, 2.75) is 25.4 Å². The summed E-state index contributed by atoms with van der Waals surface area (Å²) < 4.78 is 16.7. The minimum absolute atomic E-state index is 0.213. The molecule has 4 heterocycles. The molecule has 2 N–H and O–H groups in total. The predicted molar refractivity (Wildman–Crippen MR) is 136 cm³/mol. The Morgan fingerprint density at radius 2 is 2.12 bits per heavy atom. The van der Waals surface area contributed by atoms with E-state index in [0.29, 0.717) is 6.54 Å². The number of nitrogens with one attached hydrogen (secondary N) is 2. The van der Waals surface area contributed by atoms with Gasteiger partial charge in [0.1, 0.15) is 12.1 Å². The zero-order valence-corrected chi connectivity index (χ0v) is 19.2. The number of hydrogen-bond acceptors (Lipinski definition) is 5. The second-order valence-corrected chi connectivity index (χ2v) is 9.49. The van der Waals surface area contributed by atoms with Crippen LogP contribution in [0.4, 0.5) is 15.9 Å². The Bertz CT molecular complexity index is 1550. The highest BCUT2D eigenvalue weighted by atomic mass is 32.1. The van der Waals surface area contributed by atoms with Crippen LogP contribution in [0.2, 0.25) is 0 Å². The van der Waals surface area contributed by atoms with Crippen LogP contribution in [0, 0.1) is 17.7 Å². The lowest BCUT2D eigenvalue weighted by Gasteiger charge is -2.09. The Labute approximate surface area is 200 Å². The SMILES string of the molecule is Fc1cccc(Cn2ccc3cc(Nc4ncnc5cc(C#C[C@H]6CCCN6)sc45)ccc32)c1. The Morgan fingerprint density at radius 3 is 3.00 bits per heavy atom. The fourth-order valence-corrected chi connectivity index (χ4v) is 5.27. The monoisotopic (exact) mass is 467 g/mol. The van der Waals surface area contributed by atoms with Gasteiger partial charge >= 0.3 is 0 Å². The van der Waals surface area contributed by atoms with Crippen LogP contribution < -0.4 is 10.6 Å². The summed E-state index contributed by atoms with van der Waals surface area (Å²) in [7, 11) is 0. The van der Waals surface area contributed by atoms with E-state index in [1.807, 2.05) is 24.4 Å². The van der Waals surface area contributed by atoms with E-state index in [4.69, 9.17) is 0 Å². The van der Waals surface area contributed by atoms with Crippen LogP contribution in [0.25, 0.3) is 21.1 Å². The molecule has 7 heteroatoms. The van der Waals surface area contributed by atoms with Crippen molar-refractivity contribution >= 4 is 44.0 Å². The van der Waals surface area contributed by atoms with Crippen molar-refractivity contribution in [3.63, 3.8) is 0 Å². The van der Waals surface area contributed by atoms with Crippen LogP contribution in [0.15, 0.2) is 67.1 Å². The summed E-state index contributed by atoms with van der Waals surface area (Å²) in [5.74, 6) is 7.19. The van der Waals surface area contributed by atoms with Gasteiger partial charge in [0.15, 0.2) is 5.82 Å². The molecule has 6 rings (SSSR count). The molecule has 1 saturated heterocycles. The van der Waals surface area contributed by atoms with Crippen LogP contribution in [0.5, 0.6) is 0 Å². The number of aromatic nitrogens is 3. The maximum Gasteiger partial charge on any atom is 0.151 e. The zero-order valence-electron chi connectivity index (χ0n) is 18.4. The van der Waals surface area contributed by atoms with Gasteiger partial charge in [-0.3, -0.25) is 0 Å². The Balaban J connectivity index is 1.25. The molecule has 0 unspecified atom stereocenters. The molecule has 0 aliphatic carbocycles. The van der Waals surface area contributed by atoms with Gasteiger partial charge in [-0.2, -0.15) is 0 Å². The molecule has 34 heavy (non-hydrogen) atoms. The Morgan fingerprint density at radius 1 is 1.15 bits per heavy atom. The molecule has 1 atom stereocenters. The van der Waals surface area contributed by atoms with E-state index in [1.54, 1.807) is 29.8 Å². The minimum Gasteiger partial charge on any atom is -0.343 e. The Kier molecular flexibility index (Phi) is 5.46. The minimum atomic E-state index is -0.213. The highest BCUT2D eigenvalue weighted by Gasteiger charge is 2.12. The first-order valence-corrected chi connectivity index (χ1v) is 12.1. The van der Waals surface area contributed by atoms with Gasteiger partial charge in [0.05, 0.1) is 21.1 Å². The topological polar surface area (TPSA) is 54.8 Å². The zero-order chi connectivity index (χ0) is 22.9. The number of nitrogens with zero attached hydrogens (tertiary/aromatic N) is 3. The normalized spacial score (nSPS) is 15.5. The molecule has 1 aliphatic rings. The lowest BCUT2D eigenvalue weighted by atomic mass is 10.2. The van der Waals surface area contributed by atoms with Gasteiger partial charge in [-0.15, -0.1) is 11.3 Å². The largest absolute Gasteiger partial charge is 0.343 e. The molecule has 1 fully saturated rings. The molecule has 1 aliphatic heterocycles. The summed E-state index contributed by atoms with van der Waals surface area (Å²) in [6.07, 6.45) is 5.91. The van der Waals surface area contributed by atoms with Crippen molar-refractivity contribution in [3.8, 4) is 11.8 Å². The number of rotatable bonds is 4. The van der Waals surface area contributed by atoms with Crippen molar-refractivity contribution in [2.75, 3.05) is 11.9 Å². The highest BCUT2D eigenvalue weighted by Crippen LogP contribution is 2.31. The van der Waals surface area contributed by atoms with Crippen molar-refractivity contribution in [1.82, 2.24) is 19.9 Å². The van der Waals surface area contributed by atoms with Gasteiger partial charge in [-0.05, 0) is 67.4 Å². The van der Waals surface area contributed by atoms with Crippen molar-refractivity contribution in [3.05, 3.63) is 83.4 Å². The van der Waals surface area contributed by atoms with Crippen LogP contribution >= 0.6 is 11.3 Å². The van der Waals surface area contributed by atoms with Crippen LogP contribution in [0.1, 0.15) is 23.3 Å². The third-order valence-electron chi connectivity index (χ3n) is 6.02. The maximum absolute atomic E-state index is 13.6. The van der Waals surface area contributed by atoms with Gasteiger partial charge in [0, 0.05) is 29.3 Å². The second kappa shape index (κ2) is 8.90. The molecule has 0 bridgehead atoms. The number of benzene rings is 2. The molecule has 0 spiro atoms. The molecule has 2 aromatic carbocycles. The second-order valence-electron chi connectivity index (χ2n) is 8.44. The molecule has 0 amide bonds. The number of thiophene rings is 1. The summed E-state index contributed by atoms with van der Waals surface area (Å²) in [4.78, 5) is 9.92. The number of halogens is 1. The molecule has 5 nitrogen and oxygen atoms in total. The molecule has 0 saturated carbocycles. The summed E-state index contributed by atoms with van der Waals surface area (Å²) in [6.45, 7) is 1.67. The summed E-state index contributed by atoms with van der Waals surface area (Å²) >= 11 is 1.61. The summed E-state index contributed by atoms with van der Waals surface area (Å²) in [6, 6.07) is 17.3. The average Bonchev–Trinajstić information content (AvgIpc) is 3.58. The fourth-order valence-electron chi connectivity index (χ4n) is 4.36. The quantitative estimate of drug-likeness (QED) is 0.334. The number of anilines is 2. The van der Waals surface area contributed by atoms with E-state index in [0.717, 1.165) is 56.0 Å². The average molecular weight is 468 g/mol. The van der Waals surface area contributed by atoms with Crippen molar-refractivity contribution < 1.29 is 4.39 Å². The van der Waals surface area contributed by atoms with Crippen molar-refractivity contribution in [1.29, 1.82) is 0 Å². The summed E-state index contributed by atoms with van der Waals surface area (Å²) in [5, 5.41) is 7.97. The molecule has 168 valence electrons. The standard InChI is InChI=1S/C27H22FN5S/c28-20-4-1-3-18(13-20)16-33-12-10-19-14-22(7-9-25(19)33)32-27-26-24(30-17-31-27)15-23(34-26)8-6-21-5-2-11-29-21/h1,3-4,7,9-10,12-15,17,21,29H,2,5,11,16H2,(H,30,31,32)/t21-/m1/s1. The van der Waals surface area contributed by atoms with Gasteiger partial charge in [0.25, 0.3) is 0 Å². The summed E-state index contributed by atoms with van der Waals surface area (Å²) in [5.41, 5.74) is 3.88. The number of hydrogen-bond donors (Lipinski definition) is 2. The lowest BCUT2D eigenvalue weighted by molar-refractivity contribution is 0.624. The van der Waals surface area contributed by atoms with Crippen LogP contribution in [-0.2, 0) is 6.54 Å². The lowest BCUT2D eigenvalue weighted by Crippen LogP contribution is -2.18. The van der Waals surface area contributed by atoms with E-state index in [-0.39, 0.29) is 11.9 Å². The van der Waals surface area contributed by atoms with Gasteiger partial charge < -0.3 is 15.2 Å². The Hall–Kier alpha value is -3.73. The molecule has 5 aromatic rings.